The van der Waals surface area contributed by atoms with E-state index in [-0.39, 0.29) is 25.5 Å². The van der Waals surface area contributed by atoms with Crippen molar-refractivity contribution in [1.82, 2.24) is 0 Å². The number of carbonyl (C=O) groups excluding carboxylic acids is 1. The van der Waals surface area contributed by atoms with Crippen molar-refractivity contribution in [2.24, 2.45) is 0 Å². The first-order chi connectivity index (χ1) is 8.15. The number of aryl methyl sites for hydroxylation is 1. The fraction of sp³-hybridized carbons (Fsp3) is 0.0714. The summed E-state index contributed by atoms with van der Waals surface area (Å²) in [4.78, 5) is 11.9. The molecule has 0 aliphatic heterocycles. The molecule has 1 nitrogen and oxygen atoms in total. The van der Waals surface area contributed by atoms with E-state index in [0.29, 0.717) is 0 Å². The van der Waals surface area contributed by atoms with Gasteiger partial charge in [0.2, 0.25) is 0 Å². The van der Waals surface area contributed by atoms with E-state index >= 15 is 0 Å². The van der Waals surface area contributed by atoms with Gasteiger partial charge in [-0.3, -0.25) is 0 Å². The van der Waals surface area contributed by atoms with Crippen LogP contribution < -0.4 is 4.46 Å². The topological polar surface area (TPSA) is 17.1 Å². The predicted octanol–water partition coefficient (Wildman–Crippen LogP) is 2.30. The van der Waals surface area contributed by atoms with E-state index in [1.165, 1.54) is 12.1 Å². The van der Waals surface area contributed by atoms with Crippen molar-refractivity contribution in [3.05, 3.63) is 65.5 Å². The second-order valence-electron chi connectivity index (χ2n) is 3.71. The van der Waals surface area contributed by atoms with Crippen LogP contribution in [0.2, 0.25) is 0 Å². The fourth-order valence-corrected chi connectivity index (χ4v) is 2.91. The van der Waals surface area contributed by atoms with Gasteiger partial charge in [-0.05, 0) is 0 Å². The Morgan fingerprint density at radius 3 is 2.18 bits per heavy atom. The molecule has 0 radical (unpaired) electrons. The normalized spacial score (nSPS) is 10.2. The zero-order chi connectivity index (χ0) is 12.3. The Hall–Kier alpha value is -1.44. The quantitative estimate of drug-likeness (QED) is 0.794. The Labute approximate surface area is 106 Å². The van der Waals surface area contributed by atoms with Gasteiger partial charge in [-0.1, -0.05) is 0 Å². The summed E-state index contributed by atoms with van der Waals surface area (Å²) in [6.07, 6.45) is 0. The van der Waals surface area contributed by atoms with Crippen LogP contribution in [0.3, 0.4) is 0 Å². The van der Waals surface area contributed by atoms with Gasteiger partial charge in [-0.2, -0.15) is 0 Å². The van der Waals surface area contributed by atoms with Crippen LogP contribution in [0.1, 0.15) is 15.9 Å². The molecular formula is C14H11FOSe. The molecule has 2 aromatic rings. The molecule has 0 saturated carbocycles. The van der Waals surface area contributed by atoms with Crippen LogP contribution in [-0.4, -0.2) is 19.6 Å². The Bertz CT molecular complexity index is 517. The van der Waals surface area contributed by atoms with Crippen LogP contribution in [-0.2, 0) is 0 Å². The third-order valence-corrected chi connectivity index (χ3v) is 4.26. The average molecular weight is 293 g/mol. The Morgan fingerprint density at radius 2 is 1.59 bits per heavy atom. The molecule has 0 aromatic heterocycles. The molecule has 0 aliphatic carbocycles. The summed E-state index contributed by atoms with van der Waals surface area (Å²) in [7, 11) is 0. The van der Waals surface area contributed by atoms with Crippen molar-refractivity contribution in [2.45, 2.75) is 6.92 Å². The van der Waals surface area contributed by atoms with Gasteiger partial charge in [0.1, 0.15) is 0 Å². The zero-order valence-corrected chi connectivity index (χ0v) is 11.0. The first-order valence-corrected chi connectivity index (χ1v) is 6.91. The van der Waals surface area contributed by atoms with Crippen molar-refractivity contribution >= 4 is 24.1 Å². The minimum absolute atomic E-state index is 0.115. The molecule has 0 bridgehead atoms. The molecule has 2 aromatic carbocycles. The third-order valence-electron chi connectivity index (χ3n) is 2.31. The van der Waals surface area contributed by atoms with Crippen molar-refractivity contribution in [3.8, 4) is 0 Å². The van der Waals surface area contributed by atoms with Gasteiger partial charge < -0.3 is 0 Å². The molecule has 0 spiro atoms. The van der Waals surface area contributed by atoms with Crippen LogP contribution in [0.25, 0.3) is 0 Å². The number of carbonyl (C=O) groups is 1. The van der Waals surface area contributed by atoms with Crippen LogP contribution >= 0.6 is 0 Å². The number of rotatable bonds is 3. The number of hydrogen-bond acceptors (Lipinski definition) is 1. The maximum atomic E-state index is 12.7. The second kappa shape index (κ2) is 5.26. The predicted molar refractivity (Wildman–Crippen MR) is 67.3 cm³/mol. The van der Waals surface area contributed by atoms with Crippen molar-refractivity contribution in [1.29, 1.82) is 0 Å². The van der Waals surface area contributed by atoms with E-state index in [9.17, 15) is 9.18 Å². The SMILES string of the molecule is Cc1ccc(C(=O)[Se]c2ccc(F)cc2)cc1. The van der Waals surface area contributed by atoms with Gasteiger partial charge in [0.25, 0.3) is 0 Å². The Balaban J connectivity index is 2.11. The van der Waals surface area contributed by atoms with E-state index in [1.54, 1.807) is 12.1 Å². The first-order valence-electron chi connectivity index (χ1n) is 5.19. The molecule has 17 heavy (non-hydrogen) atoms. The molecule has 0 saturated heterocycles. The van der Waals surface area contributed by atoms with Gasteiger partial charge in [0, 0.05) is 0 Å². The van der Waals surface area contributed by atoms with E-state index in [4.69, 9.17) is 0 Å². The van der Waals surface area contributed by atoms with Crippen LogP contribution in [0.15, 0.2) is 48.5 Å². The Morgan fingerprint density at radius 1 is 1.00 bits per heavy atom. The van der Waals surface area contributed by atoms with Crippen LogP contribution in [0.5, 0.6) is 0 Å². The summed E-state index contributed by atoms with van der Waals surface area (Å²) in [5.41, 5.74) is 1.86. The van der Waals surface area contributed by atoms with E-state index in [2.05, 4.69) is 0 Å². The number of halogens is 1. The summed E-state index contributed by atoms with van der Waals surface area (Å²) in [6.45, 7) is 1.99. The van der Waals surface area contributed by atoms with Gasteiger partial charge in [-0.15, -0.1) is 0 Å². The molecule has 86 valence electrons. The first kappa shape index (κ1) is 12.0. The van der Waals surface area contributed by atoms with Gasteiger partial charge >= 0.3 is 106 Å². The standard InChI is InChI=1S/C14H11FOSe/c1-10-2-4-11(5-3-10)14(16)17-13-8-6-12(15)7-9-13/h2-9H,1H3. The van der Waals surface area contributed by atoms with E-state index < -0.39 is 0 Å². The minimum atomic E-state index is -0.289. The summed E-state index contributed by atoms with van der Waals surface area (Å²) in [6, 6.07) is 13.6. The van der Waals surface area contributed by atoms with Gasteiger partial charge in [0.15, 0.2) is 0 Å². The van der Waals surface area contributed by atoms with Crippen LogP contribution in [0.4, 0.5) is 4.39 Å². The summed E-state index contributed by atoms with van der Waals surface area (Å²) < 4.78 is 13.7. The average Bonchev–Trinajstić information content (AvgIpc) is 2.33. The molecule has 0 N–H and O–H groups in total. The molecule has 0 amide bonds. The number of benzene rings is 2. The van der Waals surface area contributed by atoms with E-state index in [0.717, 1.165) is 15.6 Å². The van der Waals surface area contributed by atoms with Crippen molar-refractivity contribution in [2.75, 3.05) is 0 Å². The fourth-order valence-electron chi connectivity index (χ4n) is 1.36. The summed E-state index contributed by atoms with van der Waals surface area (Å²) >= 11 is -0.289. The third kappa shape index (κ3) is 3.26. The molecule has 0 fully saturated rings. The van der Waals surface area contributed by atoms with Gasteiger partial charge in [0.05, 0.1) is 0 Å². The molecule has 3 heteroatoms. The van der Waals surface area contributed by atoms with E-state index in [1.807, 2.05) is 31.2 Å². The molecule has 0 atom stereocenters. The Kier molecular flexibility index (Phi) is 3.72. The number of hydrogen-bond donors (Lipinski definition) is 0. The van der Waals surface area contributed by atoms with Crippen molar-refractivity contribution in [3.63, 3.8) is 0 Å². The molecule has 0 aliphatic rings. The summed E-state index contributed by atoms with van der Waals surface area (Å²) in [5.74, 6) is -0.271. The molecule has 2 rings (SSSR count). The molecule has 0 heterocycles. The second-order valence-corrected chi connectivity index (χ2v) is 5.90. The zero-order valence-electron chi connectivity index (χ0n) is 9.31. The van der Waals surface area contributed by atoms with Crippen LogP contribution in [0, 0.1) is 12.7 Å². The summed E-state index contributed by atoms with van der Waals surface area (Å²) in [5, 5.41) is 0. The molecule has 0 unspecified atom stereocenters. The molecular weight excluding hydrogens is 282 g/mol. The van der Waals surface area contributed by atoms with Crippen molar-refractivity contribution < 1.29 is 9.18 Å². The maximum absolute atomic E-state index is 12.7. The van der Waals surface area contributed by atoms with Gasteiger partial charge in [-0.25, -0.2) is 0 Å². The monoisotopic (exact) mass is 294 g/mol.